The highest BCUT2D eigenvalue weighted by molar-refractivity contribution is 6.04. The largest absolute Gasteiger partial charge is 0.457 e. The number of fused-ring (bicyclic) bond motifs is 5. The van der Waals surface area contributed by atoms with Crippen LogP contribution in [0.1, 0.15) is 59.8 Å². The normalized spacial score (nSPS) is 53.5. The van der Waals surface area contributed by atoms with Crippen LogP contribution >= 0.6 is 0 Å². The van der Waals surface area contributed by atoms with E-state index in [0.29, 0.717) is 36.8 Å². The minimum atomic E-state index is -1.82. The van der Waals surface area contributed by atoms with Crippen LogP contribution in [0.2, 0.25) is 0 Å². The number of rotatable bonds is 4. The lowest BCUT2D eigenvalue weighted by atomic mass is 9.40. The number of nitrogens with two attached hydrogens (primary N) is 1. The molecule has 8 atom stereocenters. The Labute approximate surface area is 204 Å². The lowest BCUT2D eigenvalue weighted by molar-refractivity contribution is -0.233. The first-order chi connectivity index (χ1) is 16.1. The number of hydrogen-bond acceptors (Lipinski definition) is 7. The smallest absolute Gasteiger partial charge is 0.324 e. The number of halogens is 1. The molecule has 7 aliphatic carbocycles. The van der Waals surface area contributed by atoms with Gasteiger partial charge in [0.25, 0.3) is 0 Å². The molecule has 5 saturated carbocycles. The molecule has 7 aliphatic rings. The van der Waals surface area contributed by atoms with E-state index in [1.807, 2.05) is 20.8 Å². The number of ketones is 1. The summed E-state index contributed by atoms with van der Waals surface area (Å²) in [4.78, 5) is 26.3. The molecule has 192 valence electrons. The topological polar surface area (TPSA) is 130 Å². The second kappa shape index (κ2) is 6.44. The number of aliphatic hydroxyl groups excluding tert-OH is 1. The van der Waals surface area contributed by atoms with Crippen LogP contribution in [0, 0.1) is 34.5 Å². The van der Waals surface area contributed by atoms with Gasteiger partial charge in [0.2, 0.25) is 0 Å². The van der Waals surface area contributed by atoms with E-state index in [-0.39, 0.29) is 18.9 Å². The summed E-state index contributed by atoms with van der Waals surface area (Å²) in [6, 6.07) is -0.886. The number of Topliss-reactive ketones (excluding diaryl/α,β-unsaturated/α-hetero) is 1. The molecule has 0 saturated heterocycles. The lowest BCUT2D eigenvalue weighted by Crippen LogP contribution is -2.72. The first-order valence-electron chi connectivity index (χ1n) is 12.8. The Bertz CT molecular complexity index is 1090. The molecule has 0 aromatic carbocycles. The fourth-order valence-electron chi connectivity index (χ4n) is 9.16. The summed E-state index contributed by atoms with van der Waals surface area (Å²) in [6.45, 7) is 7.16. The van der Waals surface area contributed by atoms with E-state index in [9.17, 15) is 29.3 Å². The molecule has 0 aromatic heterocycles. The Morgan fingerprint density at radius 2 is 1.89 bits per heavy atom. The van der Waals surface area contributed by atoms with Gasteiger partial charge in [-0.3, -0.25) is 9.59 Å². The summed E-state index contributed by atoms with van der Waals surface area (Å²) in [5.74, 6) is -3.05. The first-order valence-corrected chi connectivity index (χ1v) is 12.8. The van der Waals surface area contributed by atoms with Gasteiger partial charge in [-0.15, -0.1) is 0 Å². The summed E-state index contributed by atoms with van der Waals surface area (Å²) in [6.07, 6.45) is 4.70. The van der Waals surface area contributed by atoms with Crippen LogP contribution in [-0.4, -0.2) is 62.2 Å². The quantitative estimate of drug-likeness (QED) is 0.350. The molecule has 7 rings (SSSR count). The predicted molar refractivity (Wildman–Crippen MR) is 123 cm³/mol. The first kappa shape index (κ1) is 23.8. The summed E-state index contributed by atoms with van der Waals surface area (Å²) in [7, 11) is 0. The van der Waals surface area contributed by atoms with Gasteiger partial charge in [0, 0.05) is 35.0 Å². The molecular weight excluding hydrogens is 453 g/mol. The van der Waals surface area contributed by atoms with Gasteiger partial charge in [0.05, 0.1) is 12.2 Å². The molecular formula is C27H36FNO6. The average molecular weight is 490 g/mol. The van der Waals surface area contributed by atoms with Crippen molar-refractivity contribution in [3.05, 3.63) is 23.3 Å². The maximum absolute atomic E-state index is 14.1. The summed E-state index contributed by atoms with van der Waals surface area (Å²) in [5.41, 5.74) is 0.855. The van der Waals surface area contributed by atoms with E-state index in [2.05, 4.69) is 0 Å². The molecule has 0 unspecified atom stereocenters. The Balaban J connectivity index is 1.37. The van der Waals surface area contributed by atoms with Gasteiger partial charge in [-0.2, -0.15) is 0 Å². The van der Waals surface area contributed by atoms with Crippen LogP contribution in [0.4, 0.5) is 4.39 Å². The van der Waals surface area contributed by atoms with Crippen molar-refractivity contribution >= 4 is 11.8 Å². The van der Waals surface area contributed by atoms with Crippen molar-refractivity contribution in [2.75, 3.05) is 6.61 Å². The van der Waals surface area contributed by atoms with Gasteiger partial charge in [0.15, 0.2) is 5.78 Å². The Kier molecular flexibility index (Phi) is 4.37. The van der Waals surface area contributed by atoms with E-state index >= 15 is 0 Å². The number of aliphatic hydroxyl groups is 3. The van der Waals surface area contributed by atoms with Crippen molar-refractivity contribution in [1.82, 2.24) is 0 Å². The van der Waals surface area contributed by atoms with Crippen molar-refractivity contribution in [3.8, 4) is 0 Å². The second-order valence-corrected chi connectivity index (χ2v) is 13.3. The summed E-state index contributed by atoms with van der Waals surface area (Å²) < 4.78 is 20.3. The monoisotopic (exact) mass is 489 g/mol. The molecule has 0 aliphatic heterocycles. The van der Waals surface area contributed by atoms with Gasteiger partial charge >= 0.3 is 5.97 Å². The molecule has 2 bridgehead atoms. The van der Waals surface area contributed by atoms with E-state index in [0.717, 1.165) is 0 Å². The third-order valence-corrected chi connectivity index (χ3v) is 11.1. The zero-order valence-corrected chi connectivity index (χ0v) is 20.8. The number of carbonyl (C=O) groups is 2. The number of carbonyl (C=O) groups excluding carboxylic acids is 2. The van der Waals surface area contributed by atoms with Crippen molar-refractivity contribution in [2.24, 2.45) is 40.2 Å². The molecule has 0 spiro atoms. The number of alkyl halides is 1. The van der Waals surface area contributed by atoms with Crippen molar-refractivity contribution in [3.63, 3.8) is 0 Å². The summed E-state index contributed by atoms with van der Waals surface area (Å²) in [5, 5.41) is 34.0. The number of ether oxygens (including phenoxy) is 1. The standard InChI is InChI=1S/C27H36FNO6/c1-13-5-17-25(33,20(13)31)8-15(9-30)6-16-18-22(3,4)26(18,7-14(2)27(16,17)34)35-21(32)19(29)23-10-24(28,11-23)12-23/h5-6,14,16-19,30,33-34H,7-12,29H2,1-4H3/t14-,16+,17-,18-,19+,23?,24?,25-,26+,27-/m1/s1. The van der Waals surface area contributed by atoms with Crippen LogP contribution in [0.25, 0.3) is 0 Å². The molecule has 35 heavy (non-hydrogen) atoms. The highest BCUT2D eigenvalue weighted by Gasteiger charge is 2.83. The Hall–Kier alpha value is -1.61. The third kappa shape index (κ3) is 2.55. The molecule has 7 nitrogen and oxygen atoms in total. The molecule has 0 heterocycles. The predicted octanol–water partition coefficient (Wildman–Crippen LogP) is 1.73. The van der Waals surface area contributed by atoms with Gasteiger partial charge in [0.1, 0.15) is 22.9 Å². The van der Waals surface area contributed by atoms with Crippen LogP contribution < -0.4 is 5.73 Å². The van der Waals surface area contributed by atoms with Gasteiger partial charge < -0.3 is 25.8 Å². The lowest BCUT2D eigenvalue weighted by Gasteiger charge is -2.67. The Morgan fingerprint density at radius 1 is 1.26 bits per heavy atom. The van der Waals surface area contributed by atoms with E-state index in [4.69, 9.17) is 10.5 Å². The fourth-order valence-corrected chi connectivity index (χ4v) is 9.16. The van der Waals surface area contributed by atoms with Crippen LogP contribution in [0.5, 0.6) is 0 Å². The van der Waals surface area contributed by atoms with Crippen LogP contribution in [0.3, 0.4) is 0 Å². The highest BCUT2D eigenvalue weighted by atomic mass is 19.1. The van der Waals surface area contributed by atoms with Gasteiger partial charge in [-0.25, -0.2) is 4.39 Å². The van der Waals surface area contributed by atoms with E-state index < -0.39 is 68.9 Å². The molecule has 0 amide bonds. The number of hydrogen-bond donors (Lipinski definition) is 4. The fraction of sp³-hybridized carbons (Fsp3) is 0.778. The average Bonchev–Trinajstić information content (AvgIpc) is 3.14. The van der Waals surface area contributed by atoms with E-state index in [1.54, 1.807) is 19.1 Å². The van der Waals surface area contributed by atoms with Crippen molar-refractivity contribution < 1.29 is 34.0 Å². The minimum absolute atomic E-state index is 0.0509. The molecule has 8 heteroatoms. The summed E-state index contributed by atoms with van der Waals surface area (Å²) >= 11 is 0. The van der Waals surface area contributed by atoms with Crippen molar-refractivity contribution in [2.45, 2.75) is 88.3 Å². The second-order valence-electron chi connectivity index (χ2n) is 13.3. The van der Waals surface area contributed by atoms with Crippen LogP contribution in [-0.2, 0) is 14.3 Å². The highest BCUT2D eigenvalue weighted by Crippen LogP contribution is 2.77. The SMILES string of the molecule is CC1=C[C@H]2[C@@]3(O)[C@H](C)C[C@]4(OC(=O)[C@H](N)C56CC(F)(C5)C6)[C@H]([C@@H]3C=C(CO)C[C@]2(O)C1=O)C4(C)C. The minimum Gasteiger partial charge on any atom is -0.457 e. The third-order valence-electron chi connectivity index (χ3n) is 11.1. The van der Waals surface area contributed by atoms with E-state index in [1.165, 1.54) is 0 Å². The van der Waals surface area contributed by atoms with Crippen LogP contribution in [0.15, 0.2) is 23.3 Å². The Morgan fingerprint density at radius 3 is 2.46 bits per heavy atom. The molecule has 5 N–H and O–H groups in total. The maximum atomic E-state index is 14.1. The number of esters is 1. The zero-order chi connectivity index (χ0) is 25.6. The van der Waals surface area contributed by atoms with Gasteiger partial charge in [-0.1, -0.05) is 32.9 Å². The van der Waals surface area contributed by atoms with Crippen molar-refractivity contribution in [1.29, 1.82) is 0 Å². The maximum Gasteiger partial charge on any atom is 0.324 e. The molecule has 0 radical (unpaired) electrons. The molecule has 5 fully saturated rings. The molecule has 0 aromatic rings. The zero-order valence-electron chi connectivity index (χ0n) is 20.8. The van der Waals surface area contributed by atoms with Gasteiger partial charge in [-0.05, 0) is 49.7 Å².